The van der Waals surface area contributed by atoms with Gasteiger partial charge in [-0.25, -0.2) is 4.39 Å². The van der Waals surface area contributed by atoms with Crippen molar-refractivity contribution in [2.24, 2.45) is 4.99 Å². The van der Waals surface area contributed by atoms with Crippen molar-refractivity contribution in [3.63, 3.8) is 0 Å². The maximum atomic E-state index is 14.0. The smallest absolute Gasteiger partial charge is 0.234 e. The fourth-order valence-electron chi connectivity index (χ4n) is 3.09. The van der Waals surface area contributed by atoms with Crippen molar-refractivity contribution in [3.05, 3.63) is 35.1 Å². The number of likely N-dealkylation sites (tertiary alicyclic amines) is 1. The van der Waals surface area contributed by atoms with Crippen molar-refractivity contribution >= 4 is 35.8 Å². The summed E-state index contributed by atoms with van der Waals surface area (Å²) in [5.74, 6) is 0.287. The van der Waals surface area contributed by atoms with Crippen LogP contribution in [-0.4, -0.2) is 56.0 Å². The molecule has 0 saturated carbocycles. The molecular weight excluding hydrogens is 486 g/mol. The second-order valence-corrected chi connectivity index (χ2v) is 6.89. The van der Waals surface area contributed by atoms with Crippen LogP contribution in [0.15, 0.2) is 23.2 Å². The molecule has 1 aliphatic heterocycles. The number of hydrogen-bond acceptors (Lipinski definition) is 4. The lowest BCUT2D eigenvalue weighted by molar-refractivity contribution is -0.122. The van der Waals surface area contributed by atoms with Gasteiger partial charge in [-0.1, -0.05) is 13.0 Å². The molecule has 2 rings (SSSR count). The van der Waals surface area contributed by atoms with Crippen molar-refractivity contribution < 1.29 is 9.18 Å². The van der Waals surface area contributed by atoms with Gasteiger partial charge >= 0.3 is 0 Å². The zero-order chi connectivity index (χ0) is 20.4. The van der Waals surface area contributed by atoms with Gasteiger partial charge in [0, 0.05) is 44.8 Å². The minimum atomic E-state index is -0.406. The number of rotatable bonds is 7. The molecule has 1 aromatic rings. The number of hydrogen-bond donors (Lipinski definition) is 3. The molecule has 0 atom stereocenters. The molecule has 1 heterocycles. The van der Waals surface area contributed by atoms with Gasteiger partial charge in [-0.3, -0.25) is 14.7 Å². The molecule has 160 valence electrons. The van der Waals surface area contributed by atoms with Gasteiger partial charge in [0.15, 0.2) is 5.96 Å². The molecule has 1 aromatic carbocycles. The lowest BCUT2D eigenvalue weighted by atomic mass is 10.1. The van der Waals surface area contributed by atoms with E-state index in [-0.39, 0.29) is 42.5 Å². The molecule has 0 aliphatic carbocycles. The average molecular weight is 516 g/mol. The van der Waals surface area contributed by atoms with Crippen LogP contribution in [-0.2, 0) is 11.3 Å². The molecule has 1 amide bonds. The lowest BCUT2D eigenvalue weighted by Crippen LogP contribution is -2.50. The first-order valence-corrected chi connectivity index (χ1v) is 9.70. The zero-order valence-corrected chi connectivity index (χ0v) is 19.3. The van der Waals surface area contributed by atoms with Gasteiger partial charge in [0.2, 0.25) is 5.91 Å². The highest BCUT2D eigenvalue weighted by Crippen LogP contribution is 2.11. The second-order valence-electron chi connectivity index (χ2n) is 6.89. The van der Waals surface area contributed by atoms with Crippen LogP contribution < -0.4 is 16.0 Å². The predicted molar refractivity (Wildman–Crippen MR) is 123 cm³/mol. The number of nitrogens with zero attached hydrogens (tertiary/aromatic N) is 3. The van der Waals surface area contributed by atoms with E-state index >= 15 is 0 Å². The summed E-state index contributed by atoms with van der Waals surface area (Å²) in [6.45, 7) is 5.18. The second kappa shape index (κ2) is 13.3. The topological polar surface area (TPSA) is 92.6 Å². The summed E-state index contributed by atoms with van der Waals surface area (Å²) >= 11 is 0. The lowest BCUT2D eigenvalue weighted by Gasteiger charge is -2.32. The number of nitriles is 1. The molecule has 9 heteroatoms. The Balaban J connectivity index is 0.00000420. The van der Waals surface area contributed by atoms with E-state index in [1.165, 1.54) is 6.07 Å². The van der Waals surface area contributed by atoms with Crippen LogP contribution in [0.5, 0.6) is 0 Å². The summed E-state index contributed by atoms with van der Waals surface area (Å²) in [5.41, 5.74) is 0.786. The van der Waals surface area contributed by atoms with Crippen LogP contribution >= 0.6 is 24.0 Å². The third kappa shape index (κ3) is 8.53. The number of piperidine rings is 1. The van der Waals surface area contributed by atoms with Crippen LogP contribution in [0.3, 0.4) is 0 Å². The number of amides is 1. The molecule has 0 radical (unpaired) electrons. The third-order valence-electron chi connectivity index (χ3n) is 4.72. The molecule has 0 spiro atoms. The summed E-state index contributed by atoms with van der Waals surface area (Å²) in [5, 5.41) is 18.2. The van der Waals surface area contributed by atoms with Gasteiger partial charge in [-0.2, -0.15) is 5.26 Å². The number of carbonyl (C=O) groups excluding carboxylic acids is 1. The standard InChI is InChI=1S/C20H29FN6O.HI/c1-3-8-24-19(28)14-27-9-6-17(7-10-27)26-20(23-2)25-13-16-5-4-15(12-22)11-18(16)21;/h4-5,11,17H,3,6-10,13-14H2,1-2H3,(H,24,28)(H2,23,25,26);1H. The van der Waals surface area contributed by atoms with Crippen LogP contribution in [0.1, 0.15) is 37.3 Å². The van der Waals surface area contributed by atoms with Crippen LogP contribution in [0.2, 0.25) is 0 Å². The number of halogens is 2. The van der Waals surface area contributed by atoms with Gasteiger partial charge in [0.1, 0.15) is 5.82 Å². The summed E-state index contributed by atoms with van der Waals surface area (Å²) in [7, 11) is 1.68. The molecule has 1 saturated heterocycles. The Morgan fingerprint density at radius 1 is 1.34 bits per heavy atom. The molecule has 1 fully saturated rings. The van der Waals surface area contributed by atoms with Gasteiger partial charge in [-0.15, -0.1) is 24.0 Å². The Morgan fingerprint density at radius 3 is 2.66 bits per heavy atom. The number of carbonyl (C=O) groups is 1. The molecule has 7 nitrogen and oxygen atoms in total. The van der Waals surface area contributed by atoms with Crippen LogP contribution in [0, 0.1) is 17.1 Å². The maximum Gasteiger partial charge on any atom is 0.234 e. The molecular formula is C20H30FIN6O. The maximum absolute atomic E-state index is 14.0. The van der Waals surface area contributed by atoms with E-state index in [0.29, 0.717) is 23.6 Å². The first-order chi connectivity index (χ1) is 13.5. The Kier molecular flexibility index (Phi) is 11.5. The van der Waals surface area contributed by atoms with Crippen LogP contribution in [0.4, 0.5) is 4.39 Å². The van der Waals surface area contributed by atoms with E-state index in [1.807, 2.05) is 13.0 Å². The number of aliphatic imine (C=N–C) groups is 1. The quantitative estimate of drug-likeness (QED) is 0.293. The van der Waals surface area contributed by atoms with Crippen molar-refractivity contribution in [1.29, 1.82) is 5.26 Å². The number of benzene rings is 1. The van der Waals surface area contributed by atoms with E-state index in [9.17, 15) is 9.18 Å². The van der Waals surface area contributed by atoms with Gasteiger partial charge in [-0.05, 0) is 31.4 Å². The Bertz CT molecular complexity index is 728. The highest BCUT2D eigenvalue weighted by atomic mass is 127. The SMILES string of the molecule is CCCNC(=O)CN1CCC(NC(=NC)NCc2ccc(C#N)cc2F)CC1.I. The summed E-state index contributed by atoms with van der Waals surface area (Å²) in [6, 6.07) is 6.62. The van der Waals surface area contributed by atoms with E-state index in [0.717, 1.165) is 38.9 Å². The van der Waals surface area contributed by atoms with Crippen molar-refractivity contribution in [1.82, 2.24) is 20.9 Å². The first kappa shape index (κ1) is 25.1. The monoisotopic (exact) mass is 516 g/mol. The van der Waals surface area contributed by atoms with E-state index in [4.69, 9.17) is 5.26 Å². The number of guanidine groups is 1. The minimum absolute atomic E-state index is 0. The highest BCUT2D eigenvalue weighted by Gasteiger charge is 2.21. The fourth-order valence-corrected chi connectivity index (χ4v) is 3.09. The first-order valence-electron chi connectivity index (χ1n) is 9.70. The summed E-state index contributed by atoms with van der Waals surface area (Å²) in [6.07, 6.45) is 2.76. The van der Waals surface area contributed by atoms with Gasteiger partial charge < -0.3 is 16.0 Å². The average Bonchev–Trinajstić information content (AvgIpc) is 2.71. The van der Waals surface area contributed by atoms with E-state index < -0.39 is 5.82 Å². The number of nitrogens with one attached hydrogen (secondary N) is 3. The molecule has 0 aromatic heterocycles. The predicted octanol–water partition coefficient (Wildman–Crippen LogP) is 1.97. The van der Waals surface area contributed by atoms with Crippen molar-refractivity contribution in [3.8, 4) is 6.07 Å². The van der Waals surface area contributed by atoms with Crippen molar-refractivity contribution in [2.45, 2.75) is 38.8 Å². The van der Waals surface area contributed by atoms with Crippen molar-refractivity contribution in [2.75, 3.05) is 33.2 Å². The Labute approximate surface area is 189 Å². The summed E-state index contributed by atoms with van der Waals surface area (Å²) in [4.78, 5) is 18.2. The minimum Gasteiger partial charge on any atom is -0.355 e. The largest absolute Gasteiger partial charge is 0.355 e. The Hall–Kier alpha value is -1.93. The van der Waals surface area contributed by atoms with Gasteiger partial charge in [0.25, 0.3) is 0 Å². The zero-order valence-electron chi connectivity index (χ0n) is 17.0. The summed E-state index contributed by atoms with van der Waals surface area (Å²) < 4.78 is 14.0. The molecule has 1 aliphatic rings. The molecule has 0 bridgehead atoms. The fraction of sp³-hybridized carbons (Fsp3) is 0.550. The molecule has 29 heavy (non-hydrogen) atoms. The van der Waals surface area contributed by atoms with Crippen LogP contribution in [0.25, 0.3) is 0 Å². The molecule has 0 unspecified atom stereocenters. The Morgan fingerprint density at radius 2 is 2.07 bits per heavy atom. The van der Waals surface area contributed by atoms with E-state index in [2.05, 4.69) is 25.8 Å². The third-order valence-corrected chi connectivity index (χ3v) is 4.72. The normalized spacial score (nSPS) is 15.2. The highest BCUT2D eigenvalue weighted by molar-refractivity contribution is 14.0. The van der Waals surface area contributed by atoms with Gasteiger partial charge in [0.05, 0.1) is 18.2 Å². The van der Waals surface area contributed by atoms with E-state index in [1.54, 1.807) is 19.2 Å². The molecule has 3 N–H and O–H groups in total.